The highest BCUT2D eigenvalue weighted by atomic mass is 19.4. The Kier molecular flexibility index (Phi) is 4.57. The Hall–Kier alpha value is -0.780. The second-order valence-corrected chi connectivity index (χ2v) is 6.99. The summed E-state index contributed by atoms with van der Waals surface area (Å²) in [6, 6.07) is 0.00632. The van der Waals surface area contributed by atoms with Crippen molar-refractivity contribution in [3.63, 3.8) is 0 Å². The van der Waals surface area contributed by atoms with Gasteiger partial charge >= 0.3 is 6.18 Å². The van der Waals surface area contributed by atoms with E-state index in [1.165, 1.54) is 18.7 Å². The summed E-state index contributed by atoms with van der Waals surface area (Å²) in [5, 5.41) is 0. The molecule has 1 saturated heterocycles. The van der Waals surface area contributed by atoms with Crippen LogP contribution in [0.4, 0.5) is 13.2 Å². The van der Waals surface area contributed by atoms with Crippen molar-refractivity contribution in [2.24, 2.45) is 17.6 Å². The Morgan fingerprint density at radius 3 is 2.38 bits per heavy atom. The van der Waals surface area contributed by atoms with Gasteiger partial charge < -0.3 is 10.6 Å². The van der Waals surface area contributed by atoms with E-state index in [0.717, 1.165) is 25.7 Å². The molecule has 1 aliphatic heterocycles. The molecule has 2 aliphatic rings. The van der Waals surface area contributed by atoms with Crippen LogP contribution < -0.4 is 5.73 Å². The topological polar surface area (TPSA) is 46.3 Å². The van der Waals surface area contributed by atoms with E-state index >= 15 is 0 Å². The van der Waals surface area contributed by atoms with Crippen LogP contribution in [0.2, 0.25) is 0 Å². The molecule has 2 fully saturated rings. The lowest BCUT2D eigenvalue weighted by Gasteiger charge is -2.38. The Morgan fingerprint density at radius 1 is 1.24 bits per heavy atom. The minimum absolute atomic E-state index is 0.00103. The standard InChI is InChI=1S/C15H25F3N2O/c1-14(2)12(15(16,17)18)7-8-20(14)13(21)9-10-5-3-4-6-11(10)19/h10-12H,3-9,19H2,1-2H3. The van der Waals surface area contributed by atoms with E-state index < -0.39 is 17.6 Å². The van der Waals surface area contributed by atoms with Gasteiger partial charge in [0, 0.05) is 24.5 Å². The molecule has 21 heavy (non-hydrogen) atoms. The van der Waals surface area contributed by atoms with E-state index in [9.17, 15) is 18.0 Å². The Bertz CT molecular complexity index is 395. The van der Waals surface area contributed by atoms with Gasteiger partial charge in [0.05, 0.1) is 5.92 Å². The first-order chi connectivity index (χ1) is 9.64. The number of carbonyl (C=O) groups is 1. The smallest absolute Gasteiger partial charge is 0.337 e. The van der Waals surface area contributed by atoms with Gasteiger partial charge in [-0.05, 0) is 39.0 Å². The second kappa shape index (κ2) is 5.78. The molecule has 0 aromatic carbocycles. The van der Waals surface area contributed by atoms with Crippen molar-refractivity contribution in [3.05, 3.63) is 0 Å². The number of amides is 1. The first-order valence-electron chi connectivity index (χ1n) is 7.77. The minimum atomic E-state index is -4.25. The van der Waals surface area contributed by atoms with Gasteiger partial charge in [0.2, 0.25) is 5.91 Å². The maximum Gasteiger partial charge on any atom is 0.394 e. The number of carbonyl (C=O) groups excluding carboxylic acids is 1. The molecule has 0 bridgehead atoms. The molecule has 0 radical (unpaired) electrons. The van der Waals surface area contributed by atoms with Crippen LogP contribution in [0.5, 0.6) is 0 Å². The quantitative estimate of drug-likeness (QED) is 0.852. The largest absolute Gasteiger partial charge is 0.394 e. The van der Waals surface area contributed by atoms with E-state index in [1.807, 2.05) is 0 Å². The van der Waals surface area contributed by atoms with Crippen molar-refractivity contribution >= 4 is 5.91 Å². The predicted molar refractivity (Wildman–Crippen MR) is 74.5 cm³/mol. The Labute approximate surface area is 124 Å². The summed E-state index contributed by atoms with van der Waals surface area (Å²) >= 11 is 0. The number of rotatable bonds is 2. The van der Waals surface area contributed by atoms with Crippen molar-refractivity contribution in [2.45, 2.75) is 70.1 Å². The van der Waals surface area contributed by atoms with E-state index in [4.69, 9.17) is 5.73 Å². The van der Waals surface area contributed by atoms with E-state index in [0.29, 0.717) is 0 Å². The zero-order chi connectivity index (χ0) is 15.8. The summed E-state index contributed by atoms with van der Waals surface area (Å²) in [7, 11) is 0. The van der Waals surface area contributed by atoms with Gasteiger partial charge in [0.1, 0.15) is 0 Å². The van der Waals surface area contributed by atoms with E-state index in [-0.39, 0.29) is 37.3 Å². The van der Waals surface area contributed by atoms with Crippen LogP contribution >= 0.6 is 0 Å². The molecule has 2 N–H and O–H groups in total. The summed E-state index contributed by atoms with van der Waals surface area (Å²) in [6.07, 6.45) is -0.0122. The zero-order valence-corrected chi connectivity index (χ0v) is 12.7. The fourth-order valence-electron chi connectivity index (χ4n) is 3.92. The van der Waals surface area contributed by atoms with Crippen molar-refractivity contribution in [1.29, 1.82) is 0 Å². The number of hydrogen-bond donors (Lipinski definition) is 1. The fourth-order valence-corrected chi connectivity index (χ4v) is 3.92. The maximum absolute atomic E-state index is 13.1. The number of nitrogens with two attached hydrogens (primary N) is 1. The average molecular weight is 306 g/mol. The number of alkyl halides is 3. The molecule has 3 nitrogen and oxygen atoms in total. The van der Waals surface area contributed by atoms with Crippen LogP contribution in [0.25, 0.3) is 0 Å². The molecule has 3 atom stereocenters. The average Bonchev–Trinajstić information content (AvgIpc) is 2.67. The van der Waals surface area contributed by atoms with Gasteiger partial charge in [0.15, 0.2) is 0 Å². The molecule has 1 aliphatic carbocycles. The minimum Gasteiger partial charge on any atom is -0.337 e. The van der Waals surface area contributed by atoms with Crippen LogP contribution in [-0.2, 0) is 4.79 Å². The summed E-state index contributed by atoms with van der Waals surface area (Å²) in [5.41, 5.74) is 4.88. The Balaban J connectivity index is 2.03. The van der Waals surface area contributed by atoms with Gasteiger partial charge in [-0.1, -0.05) is 12.8 Å². The number of nitrogens with zero attached hydrogens (tertiary/aromatic N) is 1. The molecule has 1 amide bonds. The maximum atomic E-state index is 13.1. The van der Waals surface area contributed by atoms with Crippen LogP contribution in [0.1, 0.15) is 52.4 Å². The van der Waals surface area contributed by atoms with Crippen molar-refractivity contribution < 1.29 is 18.0 Å². The normalized spacial score (nSPS) is 33.2. The predicted octanol–water partition coefficient (Wildman–Crippen LogP) is 3.08. The summed E-state index contributed by atoms with van der Waals surface area (Å²) in [6.45, 7) is 3.24. The van der Waals surface area contributed by atoms with Crippen molar-refractivity contribution in [3.8, 4) is 0 Å². The summed E-state index contributed by atoms with van der Waals surface area (Å²) < 4.78 is 39.2. The third-order valence-electron chi connectivity index (χ3n) is 5.29. The van der Waals surface area contributed by atoms with Crippen molar-refractivity contribution in [2.75, 3.05) is 6.54 Å². The molecular weight excluding hydrogens is 281 g/mol. The van der Waals surface area contributed by atoms with Crippen LogP contribution in [0.15, 0.2) is 0 Å². The zero-order valence-electron chi connectivity index (χ0n) is 12.7. The van der Waals surface area contributed by atoms with Crippen LogP contribution in [-0.4, -0.2) is 35.1 Å². The monoisotopic (exact) mass is 306 g/mol. The summed E-state index contributed by atoms with van der Waals surface area (Å²) in [5.74, 6) is -1.49. The number of hydrogen-bond acceptors (Lipinski definition) is 2. The highest BCUT2D eigenvalue weighted by molar-refractivity contribution is 5.77. The highest BCUT2D eigenvalue weighted by Gasteiger charge is 2.56. The van der Waals surface area contributed by atoms with Crippen LogP contribution in [0.3, 0.4) is 0 Å². The third-order valence-corrected chi connectivity index (χ3v) is 5.29. The fraction of sp³-hybridized carbons (Fsp3) is 0.933. The lowest BCUT2D eigenvalue weighted by atomic mass is 9.82. The molecule has 2 rings (SSSR count). The van der Waals surface area contributed by atoms with Gasteiger partial charge in [-0.3, -0.25) is 4.79 Å². The molecule has 6 heteroatoms. The molecule has 1 saturated carbocycles. The van der Waals surface area contributed by atoms with Crippen LogP contribution in [0, 0.1) is 11.8 Å². The lowest BCUT2D eigenvalue weighted by Crippen LogP contribution is -2.50. The Morgan fingerprint density at radius 2 is 1.86 bits per heavy atom. The third kappa shape index (κ3) is 3.35. The molecule has 0 spiro atoms. The molecular formula is C15H25F3N2O. The lowest BCUT2D eigenvalue weighted by molar-refractivity contribution is -0.192. The number of halogens is 3. The molecule has 0 aromatic heterocycles. The molecule has 1 heterocycles. The van der Waals surface area contributed by atoms with E-state index in [2.05, 4.69) is 0 Å². The van der Waals surface area contributed by atoms with Crippen molar-refractivity contribution in [1.82, 2.24) is 4.90 Å². The van der Waals surface area contributed by atoms with E-state index in [1.54, 1.807) is 0 Å². The molecule has 0 aromatic rings. The second-order valence-electron chi connectivity index (χ2n) is 6.99. The molecule has 122 valence electrons. The SMILES string of the molecule is CC1(C)C(C(F)(F)F)CCN1C(=O)CC1CCCCC1N. The molecule has 3 unspecified atom stereocenters. The first-order valence-corrected chi connectivity index (χ1v) is 7.77. The first kappa shape index (κ1) is 16.6. The summed E-state index contributed by atoms with van der Waals surface area (Å²) in [4.78, 5) is 13.9. The van der Waals surface area contributed by atoms with Gasteiger partial charge in [0.25, 0.3) is 0 Å². The van der Waals surface area contributed by atoms with Gasteiger partial charge in [-0.2, -0.15) is 13.2 Å². The number of likely N-dealkylation sites (tertiary alicyclic amines) is 1. The van der Waals surface area contributed by atoms with Gasteiger partial charge in [-0.25, -0.2) is 0 Å². The highest BCUT2D eigenvalue weighted by Crippen LogP contribution is 2.45. The van der Waals surface area contributed by atoms with Gasteiger partial charge in [-0.15, -0.1) is 0 Å².